The summed E-state index contributed by atoms with van der Waals surface area (Å²) in [4.78, 5) is 14.0. The van der Waals surface area contributed by atoms with Crippen molar-refractivity contribution >= 4 is 5.91 Å². The van der Waals surface area contributed by atoms with Gasteiger partial charge >= 0.3 is 0 Å². The number of nitrogens with zero attached hydrogens (tertiary/aromatic N) is 1. The quantitative estimate of drug-likeness (QED) is 0.675. The van der Waals surface area contributed by atoms with Crippen LogP contribution in [0.4, 0.5) is 0 Å². The van der Waals surface area contributed by atoms with Gasteiger partial charge < -0.3 is 10.2 Å². The molecule has 2 aliphatic rings. The first-order valence-corrected chi connectivity index (χ1v) is 5.47. The number of carbonyl (C=O) groups excluding carboxylic acids is 1. The van der Waals surface area contributed by atoms with Crippen LogP contribution in [0.5, 0.6) is 0 Å². The Labute approximate surface area is 85.2 Å². The predicted molar refractivity (Wildman–Crippen MR) is 56.0 cm³/mol. The van der Waals surface area contributed by atoms with Crippen LogP contribution in [0.25, 0.3) is 0 Å². The van der Waals surface area contributed by atoms with E-state index < -0.39 is 0 Å². The van der Waals surface area contributed by atoms with Gasteiger partial charge in [0, 0.05) is 12.6 Å². The van der Waals surface area contributed by atoms with Crippen LogP contribution in [-0.2, 0) is 4.79 Å². The molecule has 0 aromatic heterocycles. The molecule has 0 bridgehead atoms. The maximum absolute atomic E-state index is 12.0. The zero-order valence-electron chi connectivity index (χ0n) is 8.54. The predicted octanol–water partition coefficient (Wildman–Crippen LogP) is 0.915. The molecule has 3 heteroatoms. The number of hydrogen-bond donors (Lipinski definition) is 1. The standard InChI is InChI=1S/C11H18N2O/c1-2-8-13(9-5-6-9)11(14)10-4-3-7-12-10/h2,9-10,12H,1,3-8H2/t10-/m1/s1. The van der Waals surface area contributed by atoms with E-state index in [1.807, 2.05) is 11.0 Å². The van der Waals surface area contributed by atoms with Crippen molar-refractivity contribution < 1.29 is 4.79 Å². The lowest BCUT2D eigenvalue weighted by Gasteiger charge is -2.24. The summed E-state index contributed by atoms with van der Waals surface area (Å²) in [6.07, 6.45) is 6.30. The van der Waals surface area contributed by atoms with Crippen LogP contribution in [0.3, 0.4) is 0 Å². The van der Waals surface area contributed by atoms with E-state index in [2.05, 4.69) is 11.9 Å². The average molecular weight is 194 g/mol. The molecule has 1 amide bonds. The maximum Gasteiger partial charge on any atom is 0.240 e. The summed E-state index contributed by atoms with van der Waals surface area (Å²) in [5.41, 5.74) is 0. The second-order valence-corrected chi connectivity index (χ2v) is 4.16. The van der Waals surface area contributed by atoms with Crippen molar-refractivity contribution in [2.45, 2.75) is 37.8 Å². The van der Waals surface area contributed by atoms with Crippen LogP contribution < -0.4 is 5.32 Å². The van der Waals surface area contributed by atoms with Gasteiger partial charge in [-0.15, -0.1) is 6.58 Å². The van der Waals surface area contributed by atoms with E-state index >= 15 is 0 Å². The summed E-state index contributed by atoms with van der Waals surface area (Å²) in [6.45, 7) is 5.40. The van der Waals surface area contributed by atoms with Crippen LogP contribution in [-0.4, -0.2) is 36.0 Å². The van der Waals surface area contributed by atoms with E-state index in [1.54, 1.807) is 0 Å². The van der Waals surface area contributed by atoms with Gasteiger partial charge in [-0.05, 0) is 32.2 Å². The second-order valence-electron chi connectivity index (χ2n) is 4.16. The monoisotopic (exact) mass is 194 g/mol. The van der Waals surface area contributed by atoms with Crippen LogP contribution in [0.1, 0.15) is 25.7 Å². The average Bonchev–Trinajstić information content (AvgIpc) is 2.88. The lowest BCUT2D eigenvalue weighted by Crippen LogP contribution is -2.44. The minimum absolute atomic E-state index is 0.0792. The molecule has 78 valence electrons. The third-order valence-electron chi connectivity index (χ3n) is 2.95. The van der Waals surface area contributed by atoms with Gasteiger partial charge in [0.1, 0.15) is 0 Å². The largest absolute Gasteiger partial charge is 0.335 e. The number of amides is 1. The molecular weight excluding hydrogens is 176 g/mol. The fourth-order valence-corrected chi connectivity index (χ4v) is 2.04. The molecule has 2 fully saturated rings. The Morgan fingerprint density at radius 2 is 2.29 bits per heavy atom. The molecule has 14 heavy (non-hydrogen) atoms. The van der Waals surface area contributed by atoms with Crippen LogP contribution in [0.2, 0.25) is 0 Å². The van der Waals surface area contributed by atoms with Crippen molar-refractivity contribution in [3.63, 3.8) is 0 Å². The molecule has 0 radical (unpaired) electrons. The van der Waals surface area contributed by atoms with E-state index in [4.69, 9.17) is 0 Å². The van der Waals surface area contributed by atoms with Gasteiger partial charge in [0.2, 0.25) is 5.91 Å². The maximum atomic E-state index is 12.0. The molecule has 1 saturated heterocycles. The normalized spacial score (nSPS) is 26.1. The zero-order valence-corrected chi connectivity index (χ0v) is 8.54. The molecule has 1 heterocycles. The Bertz CT molecular complexity index is 229. The van der Waals surface area contributed by atoms with Crippen LogP contribution in [0.15, 0.2) is 12.7 Å². The Morgan fingerprint density at radius 1 is 1.50 bits per heavy atom. The van der Waals surface area contributed by atoms with Crippen molar-refractivity contribution in [3.05, 3.63) is 12.7 Å². The van der Waals surface area contributed by atoms with Crippen molar-refractivity contribution in [2.75, 3.05) is 13.1 Å². The van der Waals surface area contributed by atoms with Gasteiger partial charge in [0.05, 0.1) is 6.04 Å². The highest BCUT2D eigenvalue weighted by Gasteiger charge is 2.35. The van der Waals surface area contributed by atoms with Gasteiger partial charge in [-0.1, -0.05) is 6.08 Å². The molecular formula is C11H18N2O. The lowest BCUT2D eigenvalue weighted by atomic mass is 10.2. The van der Waals surface area contributed by atoms with Crippen LogP contribution in [0, 0.1) is 0 Å². The number of rotatable bonds is 4. The van der Waals surface area contributed by atoms with E-state index in [-0.39, 0.29) is 11.9 Å². The molecule has 1 N–H and O–H groups in total. The molecule has 1 aliphatic carbocycles. The minimum atomic E-state index is 0.0792. The Kier molecular flexibility index (Phi) is 2.87. The van der Waals surface area contributed by atoms with E-state index in [1.165, 1.54) is 12.8 Å². The first kappa shape index (κ1) is 9.71. The topological polar surface area (TPSA) is 32.3 Å². The summed E-state index contributed by atoms with van der Waals surface area (Å²) < 4.78 is 0. The molecule has 0 unspecified atom stereocenters. The van der Waals surface area contributed by atoms with Crippen molar-refractivity contribution in [1.82, 2.24) is 10.2 Å². The number of hydrogen-bond acceptors (Lipinski definition) is 2. The highest BCUT2D eigenvalue weighted by Crippen LogP contribution is 2.28. The summed E-state index contributed by atoms with van der Waals surface area (Å²) in [5.74, 6) is 0.282. The van der Waals surface area contributed by atoms with E-state index in [0.717, 1.165) is 19.4 Å². The first-order valence-electron chi connectivity index (χ1n) is 5.47. The molecule has 2 rings (SSSR count). The highest BCUT2D eigenvalue weighted by molar-refractivity contribution is 5.82. The fraction of sp³-hybridized carbons (Fsp3) is 0.727. The molecule has 1 atom stereocenters. The smallest absolute Gasteiger partial charge is 0.240 e. The van der Waals surface area contributed by atoms with Gasteiger partial charge in [0.15, 0.2) is 0 Å². The third kappa shape index (κ3) is 1.98. The van der Waals surface area contributed by atoms with Gasteiger partial charge in [-0.3, -0.25) is 4.79 Å². The molecule has 0 aromatic rings. The van der Waals surface area contributed by atoms with Gasteiger partial charge in [-0.25, -0.2) is 0 Å². The van der Waals surface area contributed by atoms with E-state index in [0.29, 0.717) is 12.6 Å². The fourth-order valence-electron chi connectivity index (χ4n) is 2.04. The van der Waals surface area contributed by atoms with Gasteiger partial charge in [-0.2, -0.15) is 0 Å². The van der Waals surface area contributed by atoms with Crippen molar-refractivity contribution in [3.8, 4) is 0 Å². The Morgan fingerprint density at radius 3 is 2.79 bits per heavy atom. The summed E-state index contributed by atoms with van der Waals surface area (Å²) in [5, 5.41) is 3.25. The third-order valence-corrected chi connectivity index (χ3v) is 2.95. The first-order chi connectivity index (χ1) is 6.83. The van der Waals surface area contributed by atoms with Gasteiger partial charge in [0.25, 0.3) is 0 Å². The van der Waals surface area contributed by atoms with Crippen molar-refractivity contribution in [2.24, 2.45) is 0 Å². The van der Waals surface area contributed by atoms with Crippen molar-refractivity contribution in [1.29, 1.82) is 0 Å². The molecule has 0 spiro atoms. The summed E-state index contributed by atoms with van der Waals surface area (Å²) in [6, 6.07) is 0.582. The Hall–Kier alpha value is -0.830. The summed E-state index contributed by atoms with van der Waals surface area (Å²) >= 11 is 0. The summed E-state index contributed by atoms with van der Waals surface area (Å²) in [7, 11) is 0. The number of nitrogens with one attached hydrogen (secondary N) is 1. The molecule has 1 aliphatic heterocycles. The second kappa shape index (κ2) is 4.13. The Balaban J connectivity index is 1.94. The van der Waals surface area contributed by atoms with E-state index in [9.17, 15) is 4.79 Å². The minimum Gasteiger partial charge on any atom is -0.335 e. The molecule has 1 saturated carbocycles. The molecule has 0 aromatic carbocycles. The highest BCUT2D eigenvalue weighted by atomic mass is 16.2. The SMILES string of the molecule is C=CCN(C(=O)[C@H]1CCCN1)C1CC1. The zero-order chi connectivity index (χ0) is 9.97. The number of carbonyl (C=O) groups is 1. The van der Waals surface area contributed by atoms with Crippen LogP contribution >= 0.6 is 0 Å². The molecule has 3 nitrogen and oxygen atoms in total. The lowest BCUT2D eigenvalue weighted by molar-refractivity contribution is -0.133.